The van der Waals surface area contributed by atoms with Crippen LogP contribution in [0, 0.1) is 0 Å². The highest BCUT2D eigenvalue weighted by molar-refractivity contribution is 5.98. The highest BCUT2D eigenvalue weighted by Crippen LogP contribution is 2.35. The number of fused-ring (bicyclic) bond motifs is 1. The van der Waals surface area contributed by atoms with E-state index in [1.807, 2.05) is 19.1 Å². The summed E-state index contributed by atoms with van der Waals surface area (Å²) in [5.41, 5.74) is 0.556. The van der Waals surface area contributed by atoms with E-state index in [1.54, 1.807) is 6.07 Å². The highest BCUT2D eigenvalue weighted by Gasteiger charge is 2.22. The largest absolute Gasteiger partial charge is 0.454 e. The van der Waals surface area contributed by atoms with Gasteiger partial charge in [-0.05, 0) is 25.5 Å². The van der Waals surface area contributed by atoms with Crippen molar-refractivity contribution in [3.05, 3.63) is 23.8 Å². The van der Waals surface area contributed by atoms with Gasteiger partial charge in [-0.3, -0.25) is 4.79 Å². The number of carbonyl (C=O) groups excluding carboxylic acids is 1. The van der Waals surface area contributed by atoms with Crippen molar-refractivity contribution in [2.75, 3.05) is 6.79 Å². The van der Waals surface area contributed by atoms with Crippen molar-refractivity contribution >= 4 is 5.91 Å². The molecule has 4 heteroatoms. The summed E-state index contributed by atoms with van der Waals surface area (Å²) in [6.45, 7) is 4.43. The molecule has 0 fully saturated rings. The molecule has 1 unspecified atom stereocenters. The van der Waals surface area contributed by atoms with Gasteiger partial charge in [-0.1, -0.05) is 38.7 Å². The Morgan fingerprint density at radius 1 is 1.30 bits per heavy atom. The Labute approximate surface area is 120 Å². The van der Waals surface area contributed by atoms with Gasteiger partial charge in [0.15, 0.2) is 11.5 Å². The van der Waals surface area contributed by atoms with Crippen molar-refractivity contribution in [2.45, 2.75) is 52.0 Å². The average molecular weight is 277 g/mol. The zero-order chi connectivity index (χ0) is 14.4. The predicted molar refractivity (Wildman–Crippen MR) is 78.3 cm³/mol. The molecular weight excluding hydrogens is 254 g/mol. The fourth-order valence-electron chi connectivity index (χ4n) is 2.36. The molecule has 4 nitrogen and oxygen atoms in total. The first-order chi connectivity index (χ1) is 9.72. The zero-order valence-corrected chi connectivity index (χ0v) is 12.3. The minimum atomic E-state index is -0.0876. The zero-order valence-electron chi connectivity index (χ0n) is 12.3. The Hall–Kier alpha value is -1.71. The molecule has 0 radical (unpaired) electrons. The van der Waals surface area contributed by atoms with E-state index < -0.39 is 0 Å². The second-order valence-electron chi connectivity index (χ2n) is 5.26. The van der Waals surface area contributed by atoms with Crippen molar-refractivity contribution in [3.63, 3.8) is 0 Å². The third kappa shape index (κ3) is 3.65. The lowest BCUT2D eigenvalue weighted by Crippen LogP contribution is -2.32. The molecule has 1 aromatic rings. The number of ether oxygens (including phenoxy) is 2. The number of nitrogens with one attached hydrogen (secondary N) is 1. The predicted octanol–water partition coefficient (Wildman–Crippen LogP) is 3.50. The first-order valence-corrected chi connectivity index (χ1v) is 7.42. The average Bonchev–Trinajstić information content (AvgIpc) is 2.91. The number of benzene rings is 1. The van der Waals surface area contributed by atoms with Crippen molar-refractivity contribution in [1.29, 1.82) is 0 Å². The van der Waals surface area contributed by atoms with E-state index in [2.05, 4.69) is 12.2 Å². The summed E-state index contributed by atoms with van der Waals surface area (Å²) in [6, 6.07) is 5.58. The maximum Gasteiger partial charge on any atom is 0.255 e. The molecule has 0 aromatic heterocycles. The number of amides is 1. The lowest BCUT2D eigenvalue weighted by Gasteiger charge is -2.14. The Bertz CT molecular complexity index is 459. The van der Waals surface area contributed by atoms with Gasteiger partial charge in [0.2, 0.25) is 6.79 Å². The molecule has 2 rings (SSSR count). The number of rotatable bonds is 7. The number of unbranched alkanes of at least 4 members (excludes halogenated alkanes) is 3. The summed E-state index contributed by atoms with van der Waals surface area (Å²) >= 11 is 0. The van der Waals surface area contributed by atoms with E-state index >= 15 is 0 Å². The van der Waals surface area contributed by atoms with Crippen LogP contribution >= 0.6 is 0 Å². The topological polar surface area (TPSA) is 47.6 Å². The summed E-state index contributed by atoms with van der Waals surface area (Å²) in [6.07, 6.45) is 5.89. The molecule has 1 amide bonds. The van der Waals surface area contributed by atoms with Gasteiger partial charge in [0.1, 0.15) is 0 Å². The molecule has 1 atom stereocenters. The van der Waals surface area contributed by atoms with E-state index in [1.165, 1.54) is 19.3 Å². The molecule has 1 aliphatic heterocycles. The third-order valence-corrected chi connectivity index (χ3v) is 3.51. The van der Waals surface area contributed by atoms with Crippen LogP contribution in [0.4, 0.5) is 0 Å². The molecule has 0 spiro atoms. The first kappa shape index (κ1) is 14.7. The molecule has 1 heterocycles. The van der Waals surface area contributed by atoms with E-state index in [4.69, 9.17) is 9.47 Å². The molecule has 110 valence electrons. The van der Waals surface area contributed by atoms with Crippen LogP contribution < -0.4 is 14.8 Å². The normalized spacial score (nSPS) is 14.1. The van der Waals surface area contributed by atoms with Crippen LogP contribution in [0.25, 0.3) is 0 Å². The first-order valence-electron chi connectivity index (χ1n) is 7.42. The minimum Gasteiger partial charge on any atom is -0.454 e. The Morgan fingerprint density at radius 3 is 2.95 bits per heavy atom. The maximum absolute atomic E-state index is 12.3. The van der Waals surface area contributed by atoms with Gasteiger partial charge < -0.3 is 14.8 Å². The molecule has 1 N–H and O–H groups in total. The number of para-hydroxylation sites is 1. The summed E-state index contributed by atoms with van der Waals surface area (Å²) in [4.78, 5) is 12.3. The van der Waals surface area contributed by atoms with E-state index in [0.29, 0.717) is 17.1 Å². The Morgan fingerprint density at radius 2 is 2.15 bits per heavy atom. The molecule has 1 aliphatic rings. The van der Waals surface area contributed by atoms with Crippen LogP contribution in [0.5, 0.6) is 11.5 Å². The fraction of sp³-hybridized carbons (Fsp3) is 0.562. The van der Waals surface area contributed by atoms with Crippen LogP contribution in [0.15, 0.2) is 18.2 Å². The van der Waals surface area contributed by atoms with Gasteiger partial charge in [0.25, 0.3) is 5.91 Å². The summed E-state index contributed by atoms with van der Waals surface area (Å²) < 4.78 is 10.6. The number of hydrogen-bond donors (Lipinski definition) is 1. The van der Waals surface area contributed by atoms with Gasteiger partial charge in [0, 0.05) is 6.04 Å². The number of carbonyl (C=O) groups is 1. The fourth-order valence-corrected chi connectivity index (χ4v) is 2.36. The van der Waals surface area contributed by atoms with Crippen LogP contribution in [-0.2, 0) is 0 Å². The Balaban J connectivity index is 1.87. The standard InChI is InChI=1S/C16H23NO3/c1-3-4-5-6-8-12(2)17-16(18)13-9-7-10-14-15(13)20-11-19-14/h7,9-10,12H,3-6,8,11H2,1-2H3,(H,17,18). The maximum atomic E-state index is 12.3. The summed E-state index contributed by atoms with van der Waals surface area (Å²) in [7, 11) is 0. The van der Waals surface area contributed by atoms with Crippen molar-refractivity contribution < 1.29 is 14.3 Å². The van der Waals surface area contributed by atoms with Gasteiger partial charge >= 0.3 is 0 Å². The molecule has 0 saturated carbocycles. The molecule has 1 aromatic carbocycles. The lowest BCUT2D eigenvalue weighted by molar-refractivity contribution is 0.0933. The molecule has 0 aliphatic carbocycles. The SMILES string of the molecule is CCCCCCC(C)NC(=O)c1cccc2c1OCO2. The van der Waals surface area contributed by atoms with Crippen LogP contribution in [-0.4, -0.2) is 18.7 Å². The van der Waals surface area contributed by atoms with Crippen LogP contribution in [0.1, 0.15) is 56.3 Å². The molecule has 20 heavy (non-hydrogen) atoms. The second-order valence-corrected chi connectivity index (χ2v) is 5.26. The smallest absolute Gasteiger partial charge is 0.255 e. The second kappa shape index (κ2) is 7.17. The van der Waals surface area contributed by atoms with Crippen LogP contribution in [0.2, 0.25) is 0 Å². The third-order valence-electron chi connectivity index (χ3n) is 3.51. The molecule has 0 saturated heterocycles. The molecule has 0 bridgehead atoms. The Kier molecular flexibility index (Phi) is 5.27. The van der Waals surface area contributed by atoms with Crippen molar-refractivity contribution in [2.24, 2.45) is 0 Å². The van der Waals surface area contributed by atoms with Crippen molar-refractivity contribution in [3.8, 4) is 11.5 Å². The number of hydrogen-bond acceptors (Lipinski definition) is 3. The van der Waals surface area contributed by atoms with Gasteiger partial charge in [-0.2, -0.15) is 0 Å². The van der Waals surface area contributed by atoms with E-state index in [9.17, 15) is 4.79 Å². The highest BCUT2D eigenvalue weighted by atomic mass is 16.7. The summed E-state index contributed by atoms with van der Waals surface area (Å²) in [5, 5.41) is 3.03. The van der Waals surface area contributed by atoms with Crippen molar-refractivity contribution in [1.82, 2.24) is 5.32 Å². The summed E-state index contributed by atoms with van der Waals surface area (Å²) in [5.74, 6) is 1.12. The monoisotopic (exact) mass is 277 g/mol. The molecular formula is C16H23NO3. The van der Waals surface area contributed by atoms with Gasteiger partial charge in [-0.15, -0.1) is 0 Å². The van der Waals surface area contributed by atoms with E-state index in [0.717, 1.165) is 12.8 Å². The van der Waals surface area contributed by atoms with E-state index in [-0.39, 0.29) is 18.7 Å². The lowest BCUT2D eigenvalue weighted by atomic mass is 10.1. The minimum absolute atomic E-state index is 0.0876. The van der Waals surface area contributed by atoms with Crippen LogP contribution in [0.3, 0.4) is 0 Å². The van der Waals surface area contributed by atoms with Gasteiger partial charge in [0.05, 0.1) is 5.56 Å². The quantitative estimate of drug-likeness (QED) is 0.776. The van der Waals surface area contributed by atoms with Gasteiger partial charge in [-0.25, -0.2) is 0 Å².